The van der Waals surface area contributed by atoms with Crippen LogP contribution in [0.15, 0.2) is 12.4 Å². The van der Waals surface area contributed by atoms with Crippen LogP contribution < -0.4 is 0 Å². The average Bonchev–Trinajstić information content (AvgIpc) is 3.06. The van der Waals surface area contributed by atoms with Gasteiger partial charge in [0.1, 0.15) is 5.82 Å². The van der Waals surface area contributed by atoms with Gasteiger partial charge in [0.15, 0.2) is 0 Å². The number of ether oxygens (including phenoxy) is 1. The Morgan fingerprint density at radius 3 is 2.78 bits per heavy atom. The maximum Gasteiger partial charge on any atom is 0.224 e. The molecule has 150 valence electrons. The molecule has 2 aliphatic rings. The van der Waals surface area contributed by atoms with Crippen molar-refractivity contribution in [1.82, 2.24) is 19.4 Å². The van der Waals surface area contributed by atoms with Gasteiger partial charge in [0.2, 0.25) is 11.8 Å². The second kappa shape index (κ2) is 9.88. The van der Waals surface area contributed by atoms with Crippen molar-refractivity contribution in [3.05, 3.63) is 18.2 Å². The van der Waals surface area contributed by atoms with E-state index in [-0.39, 0.29) is 11.8 Å². The molecule has 27 heavy (non-hydrogen) atoms. The van der Waals surface area contributed by atoms with Crippen LogP contribution >= 0.6 is 0 Å². The van der Waals surface area contributed by atoms with E-state index in [1.165, 1.54) is 0 Å². The van der Waals surface area contributed by atoms with Gasteiger partial charge in [0.25, 0.3) is 0 Å². The van der Waals surface area contributed by atoms with Gasteiger partial charge in [0.05, 0.1) is 6.61 Å². The van der Waals surface area contributed by atoms with Crippen LogP contribution in [0.5, 0.6) is 0 Å². The molecule has 0 aromatic carbocycles. The Morgan fingerprint density at radius 2 is 2.00 bits per heavy atom. The normalized spacial score (nSPS) is 19.4. The maximum atomic E-state index is 12.6. The van der Waals surface area contributed by atoms with E-state index < -0.39 is 0 Å². The number of carbonyl (C=O) groups excluding carboxylic acids is 2. The number of piperidine rings is 1. The van der Waals surface area contributed by atoms with Crippen LogP contribution in [0.2, 0.25) is 0 Å². The number of imidazole rings is 1. The Kier molecular flexibility index (Phi) is 7.26. The van der Waals surface area contributed by atoms with Crippen molar-refractivity contribution in [3.63, 3.8) is 0 Å². The number of hydrogen-bond donors (Lipinski definition) is 0. The smallest absolute Gasteiger partial charge is 0.224 e. The van der Waals surface area contributed by atoms with E-state index in [2.05, 4.69) is 9.55 Å². The molecule has 7 heteroatoms. The highest BCUT2D eigenvalue weighted by Gasteiger charge is 2.27. The number of carbonyl (C=O) groups is 2. The maximum absolute atomic E-state index is 12.6. The molecular formula is C20H32N4O3. The number of amides is 2. The number of rotatable bonds is 7. The summed E-state index contributed by atoms with van der Waals surface area (Å²) in [5.74, 6) is 1.89. The summed E-state index contributed by atoms with van der Waals surface area (Å²) < 4.78 is 7.33. The first-order chi connectivity index (χ1) is 13.2. The third-order valence-corrected chi connectivity index (χ3v) is 5.76. The molecule has 7 nitrogen and oxygen atoms in total. The Hall–Kier alpha value is -1.89. The van der Waals surface area contributed by atoms with Crippen molar-refractivity contribution < 1.29 is 14.3 Å². The number of likely N-dealkylation sites (tertiary alicyclic amines) is 2. The van der Waals surface area contributed by atoms with Crippen LogP contribution in [-0.4, -0.2) is 71.1 Å². The summed E-state index contributed by atoms with van der Waals surface area (Å²) in [4.78, 5) is 33.0. The Balaban J connectivity index is 1.45. The molecule has 2 fully saturated rings. The lowest BCUT2D eigenvalue weighted by atomic mass is 9.95. The Morgan fingerprint density at radius 1 is 1.19 bits per heavy atom. The van der Waals surface area contributed by atoms with Gasteiger partial charge >= 0.3 is 0 Å². The van der Waals surface area contributed by atoms with Gasteiger partial charge in [-0.2, -0.15) is 0 Å². The third-order valence-electron chi connectivity index (χ3n) is 5.76. The van der Waals surface area contributed by atoms with Crippen molar-refractivity contribution in [3.8, 4) is 0 Å². The van der Waals surface area contributed by atoms with E-state index in [1.54, 1.807) is 7.11 Å². The van der Waals surface area contributed by atoms with Gasteiger partial charge in [-0.1, -0.05) is 6.42 Å². The van der Waals surface area contributed by atoms with E-state index in [1.807, 2.05) is 22.2 Å². The molecule has 1 aromatic rings. The van der Waals surface area contributed by atoms with E-state index in [0.29, 0.717) is 31.9 Å². The van der Waals surface area contributed by atoms with Crippen LogP contribution in [0.25, 0.3) is 0 Å². The van der Waals surface area contributed by atoms with Gasteiger partial charge in [0, 0.05) is 71.0 Å². The first-order valence-electron chi connectivity index (χ1n) is 10.2. The summed E-state index contributed by atoms with van der Waals surface area (Å²) >= 11 is 0. The van der Waals surface area contributed by atoms with Crippen molar-refractivity contribution in [2.24, 2.45) is 0 Å². The summed E-state index contributed by atoms with van der Waals surface area (Å²) in [6.07, 6.45) is 9.97. The summed E-state index contributed by atoms with van der Waals surface area (Å²) in [7, 11) is 1.71. The minimum Gasteiger partial charge on any atom is -0.383 e. The van der Waals surface area contributed by atoms with Gasteiger partial charge < -0.3 is 19.1 Å². The quantitative estimate of drug-likeness (QED) is 0.730. The lowest BCUT2D eigenvalue weighted by molar-refractivity contribution is -0.134. The molecule has 0 N–H and O–H groups in total. The van der Waals surface area contributed by atoms with Crippen molar-refractivity contribution in [2.45, 2.75) is 57.4 Å². The lowest BCUT2D eigenvalue weighted by Gasteiger charge is -2.32. The zero-order valence-corrected chi connectivity index (χ0v) is 16.4. The number of nitrogens with zero attached hydrogens (tertiary/aromatic N) is 4. The van der Waals surface area contributed by atoms with Crippen LogP contribution in [0, 0.1) is 0 Å². The molecule has 2 aliphatic heterocycles. The molecule has 0 atom stereocenters. The monoisotopic (exact) mass is 376 g/mol. The summed E-state index contributed by atoms with van der Waals surface area (Å²) in [5.41, 5.74) is 0. The van der Waals surface area contributed by atoms with E-state index in [4.69, 9.17) is 4.74 Å². The van der Waals surface area contributed by atoms with E-state index >= 15 is 0 Å². The molecule has 2 amide bonds. The molecule has 0 spiro atoms. The van der Waals surface area contributed by atoms with Crippen molar-refractivity contribution in [1.29, 1.82) is 0 Å². The van der Waals surface area contributed by atoms with Gasteiger partial charge in [-0.25, -0.2) is 4.98 Å². The molecule has 3 heterocycles. The fraction of sp³-hybridized carbons (Fsp3) is 0.750. The van der Waals surface area contributed by atoms with Crippen molar-refractivity contribution >= 4 is 11.8 Å². The van der Waals surface area contributed by atoms with E-state index in [0.717, 1.165) is 64.1 Å². The number of aromatic nitrogens is 2. The first-order valence-corrected chi connectivity index (χ1v) is 10.2. The summed E-state index contributed by atoms with van der Waals surface area (Å²) in [6.45, 7) is 4.41. The zero-order chi connectivity index (χ0) is 19.1. The summed E-state index contributed by atoms with van der Waals surface area (Å²) in [5, 5.41) is 0. The van der Waals surface area contributed by atoms with E-state index in [9.17, 15) is 9.59 Å². The minimum absolute atomic E-state index is 0.174. The van der Waals surface area contributed by atoms with Crippen LogP contribution in [0.1, 0.15) is 56.7 Å². The lowest BCUT2D eigenvalue weighted by Crippen LogP contribution is -2.41. The third kappa shape index (κ3) is 5.31. The molecule has 0 bridgehead atoms. The van der Waals surface area contributed by atoms with Crippen LogP contribution in [0.3, 0.4) is 0 Å². The average molecular weight is 377 g/mol. The molecule has 0 unspecified atom stereocenters. The highest BCUT2D eigenvalue weighted by atomic mass is 16.5. The second-order valence-corrected chi connectivity index (χ2v) is 7.57. The number of hydrogen-bond acceptors (Lipinski definition) is 4. The van der Waals surface area contributed by atoms with Crippen LogP contribution in [-0.2, 0) is 20.9 Å². The largest absolute Gasteiger partial charge is 0.383 e. The predicted molar refractivity (Wildman–Crippen MR) is 102 cm³/mol. The zero-order valence-electron chi connectivity index (χ0n) is 16.4. The molecular weight excluding hydrogens is 344 g/mol. The summed E-state index contributed by atoms with van der Waals surface area (Å²) in [6, 6.07) is 0. The molecule has 0 aliphatic carbocycles. The fourth-order valence-corrected chi connectivity index (χ4v) is 4.11. The van der Waals surface area contributed by atoms with Crippen molar-refractivity contribution in [2.75, 3.05) is 39.9 Å². The molecule has 0 radical (unpaired) electrons. The SMILES string of the molecule is COCCn1ccnc1C1CCN(C(=O)CCN2CCCCCC2=O)CC1. The molecule has 2 saturated heterocycles. The molecule has 3 rings (SSSR count). The fourth-order valence-electron chi connectivity index (χ4n) is 4.11. The second-order valence-electron chi connectivity index (χ2n) is 7.57. The molecule has 1 aromatic heterocycles. The van der Waals surface area contributed by atoms with Gasteiger partial charge in [-0.05, 0) is 25.7 Å². The van der Waals surface area contributed by atoms with Crippen LogP contribution in [0.4, 0.5) is 0 Å². The Labute approximate surface area is 161 Å². The highest BCUT2D eigenvalue weighted by molar-refractivity contribution is 5.79. The van der Waals surface area contributed by atoms with Gasteiger partial charge in [-0.3, -0.25) is 9.59 Å². The standard InChI is InChI=1S/C20H32N4O3/c1-27-16-15-24-14-9-21-20(24)17-6-11-23(12-7-17)19(26)8-13-22-10-4-2-3-5-18(22)25/h9,14,17H,2-8,10-13,15-16H2,1H3. The molecule has 0 saturated carbocycles. The first kappa shape index (κ1) is 19.9. The predicted octanol–water partition coefficient (Wildman–Crippen LogP) is 2.03. The Bertz CT molecular complexity index is 622. The minimum atomic E-state index is 0.174. The number of methoxy groups -OCH3 is 1. The van der Waals surface area contributed by atoms with Gasteiger partial charge in [-0.15, -0.1) is 0 Å². The topological polar surface area (TPSA) is 67.7 Å². The highest BCUT2D eigenvalue weighted by Crippen LogP contribution is 2.27.